The van der Waals surface area contributed by atoms with Gasteiger partial charge in [0.05, 0.1) is 10.4 Å². The lowest BCUT2D eigenvalue weighted by Crippen LogP contribution is -2.34. The first kappa shape index (κ1) is 15.5. The van der Waals surface area contributed by atoms with Crippen molar-refractivity contribution in [3.05, 3.63) is 40.7 Å². The van der Waals surface area contributed by atoms with Crippen LogP contribution in [-0.4, -0.2) is 35.0 Å². The van der Waals surface area contributed by atoms with Crippen LogP contribution in [0.5, 0.6) is 0 Å². The molecule has 1 atom stereocenters. The lowest BCUT2D eigenvalue weighted by Gasteiger charge is -2.18. The molecule has 1 unspecified atom stereocenters. The molecule has 0 aromatic heterocycles. The molecule has 4 nitrogen and oxygen atoms in total. The van der Waals surface area contributed by atoms with Crippen molar-refractivity contribution in [3.63, 3.8) is 0 Å². The summed E-state index contributed by atoms with van der Waals surface area (Å²) in [7, 11) is 0. The molecule has 0 bridgehead atoms. The number of likely N-dealkylation sites (tertiary alicyclic amines) is 1. The third kappa shape index (κ3) is 3.42. The summed E-state index contributed by atoms with van der Waals surface area (Å²) in [5.74, 6) is -1.68. The maximum atomic E-state index is 13.0. The second kappa shape index (κ2) is 5.85. The summed E-state index contributed by atoms with van der Waals surface area (Å²) in [6.07, 6.45) is 3.31. The van der Waals surface area contributed by atoms with Gasteiger partial charge < -0.3 is 10.0 Å². The highest BCUT2D eigenvalue weighted by molar-refractivity contribution is 6.30. The second-order valence-corrected chi connectivity index (χ2v) is 5.79. The quantitative estimate of drug-likeness (QED) is 0.873. The van der Waals surface area contributed by atoms with E-state index in [1.54, 1.807) is 6.92 Å². The van der Waals surface area contributed by atoms with Crippen LogP contribution in [0.15, 0.2) is 24.3 Å². The fourth-order valence-corrected chi connectivity index (χ4v) is 2.40. The van der Waals surface area contributed by atoms with Crippen molar-refractivity contribution in [2.45, 2.75) is 13.3 Å². The number of benzene rings is 1. The highest BCUT2D eigenvalue weighted by Gasteiger charge is 2.41. The molecule has 2 rings (SSSR count). The molecular weight excluding hydrogens is 297 g/mol. The molecule has 6 heteroatoms. The van der Waals surface area contributed by atoms with Crippen molar-refractivity contribution in [2.75, 3.05) is 13.1 Å². The fraction of sp³-hybridized carbons (Fsp3) is 0.333. The fourth-order valence-electron chi connectivity index (χ4n) is 2.21. The average molecular weight is 312 g/mol. The number of amides is 1. The summed E-state index contributed by atoms with van der Waals surface area (Å²) in [6.45, 7) is 2.23. The molecule has 1 N–H and O–H groups in total. The molecule has 1 fully saturated rings. The van der Waals surface area contributed by atoms with Crippen LogP contribution in [-0.2, 0) is 9.59 Å². The number of carbonyl (C=O) groups is 2. The number of halogens is 2. The first-order valence-corrected chi connectivity index (χ1v) is 6.85. The Morgan fingerprint density at radius 3 is 2.76 bits per heavy atom. The van der Waals surface area contributed by atoms with Crippen LogP contribution in [0.25, 0.3) is 6.08 Å². The molecule has 1 aliphatic rings. The van der Waals surface area contributed by atoms with E-state index in [0.29, 0.717) is 18.5 Å². The van der Waals surface area contributed by atoms with Gasteiger partial charge in [0.15, 0.2) is 0 Å². The van der Waals surface area contributed by atoms with Gasteiger partial charge in [-0.1, -0.05) is 17.7 Å². The van der Waals surface area contributed by atoms with E-state index in [1.165, 1.54) is 35.3 Å². The molecule has 112 valence electrons. The van der Waals surface area contributed by atoms with Gasteiger partial charge in [-0.2, -0.15) is 0 Å². The minimum Gasteiger partial charge on any atom is -0.481 e. The Morgan fingerprint density at radius 2 is 2.19 bits per heavy atom. The van der Waals surface area contributed by atoms with Gasteiger partial charge in [0.2, 0.25) is 5.91 Å². The third-order valence-electron chi connectivity index (χ3n) is 3.66. The topological polar surface area (TPSA) is 57.6 Å². The van der Waals surface area contributed by atoms with Crippen LogP contribution in [0.4, 0.5) is 4.39 Å². The first-order valence-electron chi connectivity index (χ1n) is 6.47. The number of aliphatic carboxylic acids is 1. The normalized spacial score (nSPS) is 22.0. The Hall–Kier alpha value is -1.88. The predicted octanol–water partition coefficient (Wildman–Crippen LogP) is 2.82. The molecule has 0 spiro atoms. The summed E-state index contributed by atoms with van der Waals surface area (Å²) in [6, 6.07) is 4.16. The Bertz CT molecular complexity index is 617. The number of rotatable bonds is 3. The van der Waals surface area contributed by atoms with E-state index in [9.17, 15) is 14.0 Å². The zero-order valence-corrected chi connectivity index (χ0v) is 12.2. The Morgan fingerprint density at radius 1 is 1.48 bits per heavy atom. The van der Waals surface area contributed by atoms with Crippen LogP contribution < -0.4 is 0 Å². The van der Waals surface area contributed by atoms with Crippen molar-refractivity contribution >= 4 is 29.6 Å². The van der Waals surface area contributed by atoms with Crippen molar-refractivity contribution < 1.29 is 19.1 Å². The number of carboxylic acid groups (broad SMARTS) is 1. The summed E-state index contributed by atoms with van der Waals surface area (Å²) < 4.78 is 13.0. The summed E-state index contributed by atoms with van der Waals surface area (Å²) in [5, 5.41) is 9.12. The van der Waals surface area contributed by atoms with E-state index in [1.807, 2.05) is 0 Å². The first-order chi connectivity index (χ1) is 9.82. The molecule has 1 aliphatic heterocycles. The highest BCUT2D eigenvalue weighted by Crippen LogP contribution is 2.30. The van der Waals surface area contributed by atoms with E-state index in [0.717, 1.165) is 0 Å². The number of hydrogen-bond acceptors (Lipinski definition) is 2. The molecule has 1 saturated heterocycles. The highest BCUT2D eigenvalue weighted by atomic mass is 35.5. The number of hydrogen-bond donors (Lipinski definition) is 1. The summed E-state index contributed by atoms with van der Waals surface area (Å²) in [4.78, 5) is 24.6. The zero-order chi connectivity index (χ0) is 15.6. The molecule has 21 heavy (non-hydrogen) atoms. The number of nitrogens with zero attached hydrogens (tertiary/aromatic N) is 1. The maximum absolute atomic E-state index is 13.0. The lowest BCUT2D eigenvalue weighted by atomic mass is 9.90. The van der Waals surface area contributed by atoms with Crippen LogP contribution in [0.3, 0.4) is 0 Å². The van der Waals surface area contributed by atoms with Gasteiger partial charge in [-0.3, -0.25) is 9.59 Å². The Balaban J connectivity index is 2.03. The van der Waals surface area contributed by atoms with Gasteiger partial charge in [-0.15, -0.1) is 0 Å². The van der Waals surface area contributed by atoms with Gasteiger partial charge in [0.1, 0.15) is 5.82 Å². The molecule has 0 radical (unpaired) electrons. The number of carboxylic acids is 1. The average Bonchev–Trinajstić information content (AvgIpc) is 2.84. The van der Waals surface area contributed by atoms with Crippen LogP contribution >= 0.6 is 11.6 Å². The molecule has 1 aromatic rings. The zero-order valence-electron chi connectivity index (χ0n) is 11.5. The molecule has 1 heterocycles. The molecule has 1 aromatic carbocycles. The minimum absolute atomic E-state index is 0.00998. The second-order valence-electron chi connectivity index (χ2n) is 5.38. The largest absolute Gasteiger partial charge is 0.481 e. The molecule has 1 amide bonds. The maximum Gasteiger partial charge on any atom is 0.311 e. The van der Waals surface area contributed by atoms with E-state index in [4.69, 9.17) is 16.7 Å². The predicted molar refractivity (Wildman–Crippen MR) is 77.4 cm³/mol. The number of carbonyl (C=O) groups excluding carboxylic acids is 1. The van der Waals surface area contributed by atoms with Gasteiger partial charge in [-0.05, 0) is 37.1 Å². The minimum atomic E-state index is -0.896. The monoisotopic (exact) mass is 311 g/mol. The SMILES string of the molecule is CC1(C(=O)O)CCN(C(=O)C=Cc2ccc(F)c(Cl)c2)C1. The van der Waals surface area contributed by atoms with Gasteiger partial charge in [0.25, 0.3) is 0 Å². The van der Waals surface area contributed by atoms with Crippen LogP contribution in [0.1, 0.15) is 18.9 Å². The van der Waals surface area contributed by atoms with E-state index >= 15 is 0 Å². The van der Waals surface area contributed by atoms with Gasteiger partial charge in [-0.25, -0.2) is 4.39 Å². The van der Waals surface area contributed by atoms with Crippen LogP contribution in [0.2, 0.25) is 5.02 Å². The Kier molecular flexibility index (Phi) is 4.32. The standard InChI is InChI=1S/C15H15ClFNO3/c1-15(14(20)21)6-7-18(9-15)13(19)5-3-10-2-4-12(17)11(16)8-10/h2-5,8H,6-7,9H2,1H3,(H,20,21). The Labute approximate surface area is 126 Å². The van der Waals surface area contributed by atoms with Crippen molar-refractivity contribution in [1.29, 1.82) is 0 Å². The van der Waals surface area contributed by atoms with E-state index < -0.39 is 17.2 Å². The third-order valence-corrected chi connectivity index (χ3v) is 3.95. The van der Waals surface area contributed by atoms with Gasteiger partial charge in [0, 0.05) is 19.2 Å². The molecule has 0 saturated carbocycles. The molecular formula is C15H15ClFNO3. The van der Waals surface area contributed by atoms with Crippen LogP contribution in [0, 0.1) is 11.2 Å². The van der Waals surface area contributed by atoms with Crippen molar-refractivity contribution in [1.82, 2.24) is 4.90 Å². The van der Waals surface area contributed by atoms with Crippen molar-refractivity contribution in [2.24, 2.45) is 5.41 Å². The van der Waals surface area contributed by atoms with Gasteiger partial charge >= 0.3 is 5.97 Å². The van der Waals surface area contributed by atoms with E-state index in [-0.39, 0.29) is 17.5 Å². The lowest BCUT2D eigenvalue weighted by molar-refractivity contribution is -0.147. The summed E-state index contributed by atoms with van der Waals surface area (Å²) >= 11 is 5.66. The smallest absolute Gasteiger partial charge is 0.311 e. The molecule has 0 aliphatic carbocycles. The summed E-state index contributed by atoms with van der Waals surface area (Å²) in [5.41, 5.74) is -0.280. The van der Waals surface area contributed by atoms with E-state index in [2.05, 4.69) is 0 Å². The van der Waals surface area contributed by atoms with Crippen molar-refractivity contribution in [3.8, 4) is 0 Å².